The van der Waals surface area contributed by atoms with E-state index in [1.165, 1.54) is 11.1 Å². The first-order valence-electron chi connectivity index (χ1n) is 16.1. The lowest BCUT2D eigenvalue weighted by Crippen LogP contribution is -2.12. The van der Waals surface area contributed by atoms with Crippen LogP contribution in [0.15, 0.2) is 121 Å². The Hall–Kier alpha value is -5.24. The summed E-state index contributed by atoms with van der Waals surface area (Å²) in [6.45, 7) is 2.21. The van der Waals surface area contributed by atoms with Crippen molar-refractivity contribution < 1.29 is 9.47 Å². The van der Waals surface area contributed by atoms with E-state index < -0.39 is 0 Å². The van der Waals surface area contributed by atoms with E-state index in [9.17, 15) is 0 Å². The molecule has 0 atom stereocenters. The van der Waals surface area contributed by atoms with Gasteiger partial charge in [0, 0.05) is 12.8 Å². The van der Waals surface area contributed by atoms with Gasteiger partial charge < -0.3 is 18.6 Å². The van der Waals surface area contributed by atoms with Gasteiger partial charge in [-0.25, -0.2) is 0 Å². The number of benzene rings is 4. The molecular weight excluding hydrogens is 572 g/mol. The fourth-order valence-corrected chi connectivity index (χ4v) is 5.47. The number of hydrogen-bond donors (Lipinski definition) is 0. The molecule has 6 rings (SSSR count). The summed E-state index contributed by atoms with van der Waals surface area (Å²) in [5.41, 5.74) is 2.44. The second-order valence-corrected chi connectivity index (χ2v) is 11.3. The van der Waals surface area contributed by atoms with Crippen molar-refractivity contribution >= 4 is 0 Å². The molecule has 0 radical (unpaired) electrons. The van der Waals surface area contributed by atoms with Crippen LogP contribution in [0.25, 0.3) is 0 Å². The summed E-state index contributed by atoms with van der Waals surface area (Å²) in [7, 11) is 0. The Kier molecular flexibility index (Phi) is 10.8. The molecule has 4 aromatic carbocycles. The zero-order valence-electron chi connectivity index (χ0n) is 26.1. The molecular formula is C38H40N6O2. The van der Waals surface area contributed by atoms with Gasteiger partial charge in [0.15, 0.2) is 11.6 Å². The summed E-state index contributed by atoms with van der Waals surface area (Å²) in [6.07, 6.45) is 6.03. The summed E-state index contributed by atoms with van der Waals surface area (Å²) in [5.74, 6) is 5.34. The van der Waals surface area contributed by atoms with Gasteiger partial charge in [-0.15, -0.1) is 20.4 Å². The molecule has 0 spiro atoms. The van der Waals surface area contributed by atoms with Gasteiger partial charge in [0.1, 0.15) is 36.4 Å². The molecule has 0 N–H and O–H groups in total. The molecule has 2 heterocycles. The van der Waals surface area contributed by atoms with Gasteiger partial charge in [-0.2, -0.15) is 0 Å². The Bertz CT molecular complexity index is 1610. The highest BCUT2D eigenvalue weighted by atomic mass is 16.5. The standard InChI is InChI=1S/C38H40N6O2/c1(15-25-35-39-41-37(29-45-33-21-11-5-12-22-33)43(35)27-31-17-7-3-8-18-31)2-16-26-36-40-42-38(30-46-34-23-13-6-14-24-34)44(36)28-32-19-9-4-10-20-32/h3-14,17-24H,1-2,15-16,25-30H2. The lowest BCUT2D eigenvalue weighted by atomic mass is 10.1. The number of unbranched alkanes of at least 4 members (excludes halogenated alkanes) is 3. The van der Waals surface area contributed by atoms with Crippen LogP contribution in [0, 0.1) is 0 Å². The molecule has 0 saturated heterocycles. The van der Waals surface area contributed by atoms with E-state index in [-0.39, 0.29) is 0 Å². The first-order chi connectivity index (χ1) is 22.8. The highest BCUT2D eigenvalue weighted by molar-refractivity contribution is 5.23. The topological polar surface area (TPSA) is 79.9 Å². The Labute approximate surface area is 270 Å². The zero-order valence-corrected chi connectivity index (χ0v) is 26.1. The largest absolute Gasteiger partial charge is 0.486 e. The molecule has 8 heteroatoms. The van der Waals surface area contributed by atoms with E-state index in [1.54, 1.807) is 0 Å². The first kappa shape index (κ1) is 30.8. The van der Waals surface area contributed by atoms with Crippen LogP contribution in [0.2, 0.25) is 0 Å². The average molecular weight is 613 g/mol. The number of ether oxygens (including phenoxy) is 2. The lowest BCUT2D eigenvalue weighted by Gasteiger charge is -2.12. The average Bonchev–Trinajstić information content (AvgIpc) is 3.68. The molecule has 0 aliphatic rings. The van der Waals surface area contributed by atoms with Gasteiger partial charge in [-0.1, -0.05) is 110 Å². The molecule has 0 aliphatic carbocycles. The Morgan fingerprint density at radius 3 is 1.13 bits per heavy atom. The van der Waals surface area contributed by atoms with Gasteiger partial charge in [0.05, 0.1) is 13.1 Å². The summed E-state index contributed by atoms with van der Waals surface area (Å²) >= 11 is 0. The molecule has 0 aliphatic heterocycles. The van der Waals surface area contributed by atoms with E-state index in [4.69, 9.17) is 9.47 Å². The summed E-state index contributed by atoms with van der Waals surface area (Å²) < 4.78 is 16.5. The van der Waals surface area contributed by atoms with Crippen molar-refractivity contribution in [3.63, 3.8) is 0 Å². The monoisotopic (exact) mass is 612 g/mol. The predicted octanol–water partition coefficient (Wildman–Crippen LogP) is 7.47. The second kappa shape index (κ2) is 16.2. The third-order valence-corrected chi connectivity index (χ3v) is 7.95. The van der Waals surface area contributed by atoms with Crippen LogP contribution in [0.4, 0.5) is 0 Å². The third-order valence-electron chi connectivity index (χ3n) is 7.95. The van der Waals surface area contributed by atoms with Crippen molar-refractivity contribution in [1.29, 1.82) is 0 Å². The van der Waals surface area contributed by atoms with Crippen LogP contribution in [0.1, 0.15) is 60.1 Å². The van der Waals surface area contributed by atoms with Crippen LogP contribution in [-0.4, -0.2) is 29.5 Å². The molecule has 0 fully saturated rings. The van der Waals surface area contributed by atoms with Crippen molar-refractivity contribution in [2.24, 2.45) is 0 Å². The van der Waals surface area contributed by atoms with Crippen molar-refractivity contribution in [2.75, 3.05) is 0 Å². The molecule has 46 heavy (non-hydrogen) atoms. The van der Waals surface area contributed by atoms with Gasteiger partial charge >= 0.3 is 0 Å². The molecule has 6 aromatic rings. The Morgan fingerprint density at radius 1 is 0.391 bits per heavy atom. The lowest BCUT2D eigenvalue weighted by molar-refractivity contribution is 0.289. The molecule has 8 nitrogen and oxygen atoms in total. The first-order valence-corrected chi connectivity index (χ1v) is 16.1. The highest BCUT2D eigenvalue weighted by Crippen LogP contribution is 2.18. The summed E-state index contributed by atoms with van der Waals surface area (Å²) in [4.78, 5) is 0. The quantitative estimate of drug-likeness (QED) is 0.0995. The number of rotatable bonds is 17. The van der Waals surface area contributed by atoms with Crippen molar-refractivity contribution in [3.05, 3.63) is 156 Å². The number of aromatic nitrogens is 6. The van der Waals surface area contributed by atoms with Gasteiger partial charge in [0.25, 0.3) is 0 Å². The maximum atomic E-state index is 6.03. The fourth-order valence-electron chi connectivity index (χ4n) is 5.47. The van der Waals surface area contributed by atoms with Crippen molar-refractivity contribution in [2.45, 2.75) is 64.8 Å². The summed E-state index contributed by atoms with van der Waals surface area (Å²) in [5, 5.41) is 18.2. The molecule has 0 saturated carbocycles. The minimum atomic E-state index is 0.381. The Balaban J connectivity index is 1.04. The summed E-state index contributed by atoms with van der Waals surface area (Å²) in [6, 6.07) is 40.6. The van der Waals surface area contributed by atoms with E-state index >= 15 is 0 Å². The molecule has 2 aromatic heterocycles. The molecule has 234 valence electrons. The molecule has 0 bridgehead atoms. The van der Waals surface area contributed by atoms with Crippen molar-refractivity contribution in [3.8, 4) is 11.5 Å². The van der Waals surface area contributed by atoms with Crippen LogP contribution in [-0.2, 0) is 39.1 Å². The number of nitrogens with zero attached hydrogens (tertiary/aromatic N) is 6. The maximum absolute atomic E-state index is 6.03. The SMILES string of the molecule is c1ccc(Cn2c(CCCCCCc3nnc(COc4ccccc4)n3Cc3ccccc3)nnc2COc2ccccc2)cc1. The minimum absolute atomic E-state index is 0.381. The van der Waals surface area contributed by atoms with E-state index in [1.807, 2.05) is 72.8 Å². The van der Waals surface area contributed by atoms with Crippen LogP contribution in [0.5, 0.6) is 11.5 Å². The highest BCUT2D eigenvalue weighted by Gasteiger charge is 2.15. The smallest absolute Gasteiger partial charge is 0.171 e. The number of aryl methyl sites for hydroxylation is 2. The number of para-hydroxylation sites is 2. The fraction of sp³-hybridized carbons (Fsp3) is 0.263. The van der Waals surface area contributed by atoms with Crippen LogP contribution in [0.3, 0.4) is 0 Å². The molecule has 0 unspecified atom stereocenters. The second-order valence-electron chi connectivity index (χ2n) is 11.3. The molecule has 0 amide bonds. The van der Waals surface area contributed by atoms with Crippen LogP contribution >= 0.6 is 0 Å². The van der Waals surface area contributed by atoms with E-state index in [0.29, 0.717) is 13.2 Å². The van der Waals surface area contributed by atoms with E-state index in [0.717, 1.165) is 86.4 Å². The number of hydrogen-bond acceptors (Lipinski definition) is 6. The van der Waals surface area contributed by atoms with Crippen LogP contribution < -0.4 is 9.47 Å². The van der Waals surface area contributed by atoms with Crippen molar-refractivity contribution in [1.82, 2.24) is 29.5 Å². The van der Waals surface area contributed by atoms with Gasteiger partial charge in [0.2, 0.25) is 0 Å². The third kappa shape index (κ3) is 8.69. The predicted molar refractivity (Wildman–Crippen MR) is 179 cm³/mol. The zero-order chi connectivity index (χ0) is 31.2. The van der Waals surface area contributed by atoms with Gasteiger partial charge in [-0.3, -0.25) is 0 Å². The normalized spacial score (nSPS) is 11.0. The van der Waals surface area contributed by atoms with E-state index in [2.05, 4.69) is 78.1 Å². The van der Waals surface area contributed by atoms with Gasteiger partial charge in [-0.05, 0) is 48.2 Å². The Morgan fingerprint density at radius 2 is 0.739 bits per heavy atom. The maximum Gasteiger partial charge on any atom is 0.171 e. The minimum Gasteiger partial charge on any atom is -0.486 e.